The van der Waals surface area contributed by atoms with Crippen LogP contribution in [0.5, 0.6) is 11.6 Å². The molecule has 0 bridgehead atoms. The van der Waals surface area contributed by atoms with Gasteiger partial charge in [-0.3, -0.25) is 0 Å². The molecule has 1 heterocycles. The molecule has 0 amide bonds. The molecule has 0 atom stereocenters. The number of aryl methyl sites for hydroxylation is 2. The van der Waals surface area contributed by atoms with Crippen LogP contribution in [-0.2, 0) is 13.6 Å². The topological polar surface area (TPSA) is 39.1 Å². The number of aromatic nitrogens is 2. The Bertz CT molecular complexity index is 613. The molecule has 1 aromatic carbocycles. The molecule has 0 radical (unpaired) electrons. The van der Waals surface area contributed by atoms with Crippen LogP contribution in [0.4, 0.5) is 4.39 Å². The predicted octanol–water partition coefficient (Wildman–Crippen LogP) is 3.53. The van der Waals surface area contributed by atoms with E-state index in [9.17, 15) is 4.39 Å². The summed E-state index contributed by atoms with van der Waals surface area (Å²) in [4.78, 5) is 0. The summed E-state index contributed by atoms with van der Waals surface area (Å²) in [5.74, 6) is 0.728. The van der Waals surface area contributed by atoms with Crippen LogP contribution in [0.15, 0.2) is 22.7 Å². The van der Waals surface area contributed by atoms with Gasteiger partial charge >= 0.3 is 0 Å². The third kappa shape index (κ3) is 3.19. The van der Waals surface area contributed by atoms with Crippen LogP contribution >= 0.6 is 15.9 Å². The maximum Gasteiger partial charge on any atom is 0.222 e. The van der Waals surface area contributed by atoms with Crippen molar-refractivity contribution in [2.45, 2.75) is 20.4 Å². The van der Waals surface area contributed by atoms with Gasteiger partial charge in [0.05, 0.1) is 15.7 Å². The van der Waals surface area contributed by atoms with Crippen LogP contribution in [0.1, 0.15) is 18.2 Å². The van der Waals surface area contributed by atoms with E-state index in [1.807, 2.05) is 20.9 Å². The number of hydrogen-bond acceptors (Lipinski definition) is 3. The van der Waals surface area contributed by atoms with Gasteiger partial charge in [-0.05, 0) is 41.5 Å². The van der Waals surface area contributed by atoms with E-state index in [0.717, 1.165) is 17.8 Å². The van der Waals surface area contributed by atoms with E-state index in [1.54, 1.807) is 16.8 Å². The summed E-state index contributed by atoms with van der Waals surface area (Å²) in [5.41, 5.74) is 1.89. The van der Waals surface area contributed by atoms with Gasteiger partial charge in [0, 0.05) is 19.7 Å². The second-order valence-corrected chi connectivity index (χ2v) is 5.31. The smallest absolute Gasteiger partial charge is 0.222 e. The number of rotatable bonds is 5. The molecule has 0 fully saturated rings. The minimum absolute atomic E-state index is 0.352. The lowest BCUT2D eigenvalue weighted by Crippen LogP contribution is -2.12. The van der Waals surface area contributed by atoms with E-state index in [4.69, 9.17) is 4.74 Å². The van der Waals surface area contributed by atoms with Crippen molar-refractivity contribution in [1.82, 2.24) is 15.1 Å². The molecule has 4 nitrogen and oxygen atoms in total. The third-order valence-corrected chi connectivity index (χ3v) is 3.59. The molecule has 6 heteroatoms. The van der Waals surface area contributed by atoms with Gasteiger partial charge < -0.3 is 10.1 Å². The van der Waals surface area contributed by atoms with Crippen molar-refractivity contribution in [1.29, 1.82) is 0 Å². The zero-order valence-corrected chi connectivity index (χ0v) is 13.3. The summed E-state index contributed by atoms with van der Waals surface area (Å²) >= 11 is 3.12. The Morgan fingerprint density at radius 1 is 1.45 bits per heavy atom. The van der Waals surface area contributed by atoms with E-state index >= 15 is 0 Å². The lowest BCUT2D eigenvalue weighted by atomic mass is 10.2. The first kappa shape index (κ1) is 15.0. The highest BCUT2D eigenvalue weighted by Gasteiger charge is 2.15. The normalized spacial score (nSPS) is 10.8. The summed E-state index contributed by atoms with van der Waals surface area (Å²) in [6, 6.07) is 4.69. The molecule has 2 rings (SSSR count). The van der Waals surface area contributed by atoms with Crippen molar-refractivity contribution >= 4 is 15.9 Å². The first-order chi connectivity index (χ1) is 9.52. The average molecular weight is 342 g/mol. The van der Waals surface area contributed by atoms with Crippen LogP contribution in [0, 0.1) is 12.7 Å². The Morgan fingerprint density at radius 3 is 2.85 bits per heavy atom. The SMILES string of the molecule is CCNCc1c(C)nn(C)c1Oc1ccc(Br)c(F)c1. The number of nitrogens with one attached hydrogen (secondary N) is 1. The highest BCUT2D eigenvalue weighted by molar-refractivity contribution is 9.10. The van der Waals surface area contributed by atoms with Crippen molar-refractivity contribution in [3.05, 3.63) is 39.7 Å². The fraction of sp³-hybridized carbons (Fsp3) is 0.357. The van der Waals surface area contributed by atoms with Gasteiger partial charge in [-0.1, -0.05) is 6.92 Å². The first-order valence-electron chi connectivity index (χ1n) is 6.39. The standard InChI is InChI=1S/C14H17BrFN3O/c1-4-17-8-11-9(2)18-19(3)14(11)20-10-5-6-12(15)13(16)7-10/h5-7,17H,4,8H2,1-3H3. The number of halogens is 2. The number of benzene rings is 1. The van der Waals surface area contributed by atoms with E-state index in [-0.39, 0.29) is 5.82 Å². The molecule has 1 N–H and O–H groups in total. The molecule has 0 unspecified atom stereocenters. The van der Waals surface area contributed by atoms with E-state index in [0.29, 0.717) is 22.6 Å². The molecule has 108 valence electrons. The summed E-state index contributed by atoms with van der Waals surface area (Å²) in [5, 5.41) is 7.60. The molecule has 0 saturated carbocycles. The first-order valence-corrected chi connectivity index (χ1v) is 7.18. The molecule has 0 saturated heterocycles. The molecule has 1 aromatic heterocycles. The molecule has 2 aromatic rings. The van der Waals surface area contributed by atoms with E-state index in [1.165, 1.54) is 6.07 Å². The fourth-order valence-electron chi connectivity index (χ4n) is 1.91. The van der Waals surface area contributed by atoms with Crippen LogP contribution in [-0.4, -0.2) is 16.3 Å². The number of ether oxygens (including phenoxy) is 1. The zero-order chi connectivity index (χ0) is 14.7. The highest BCUT2D eigenvalue weighted by Crippen LogP contribution is 2.29. The van der Waals surface area contributed by atoms with Crippen LogP contribution in [0.2, 0.25) is 0 Å². The number of nitrogens with zero attached hydrogens (tertiary/aromatic N) is 2. The van der Waals surface area contributed by atoms with Crippen molar-refractivity contribution in [2.24, 2.45) is 7.05 Å². The van der Waals surface area contributed by atoms with Crippen LogP contribution < -0.4 is 10.1 Å². The van der Waals surface area contributed by atoms with Gasteiger partial charge in [0.1, 0.15) is 11.6 Å². The largest absolute Gasteiger partial charge is 0.439 e. The van der Waals surface area contributed by atoms with E-state index < -0.39 is 0 Å². The predicted molar refractivity (Wildman–Crippen MR) is 79.5 cm³/mol. The molecule has 20 heavy (non-hydrogen) atoms. The molecular weight excluding hydrogens is 325 g/mol. The second kappa shape index (κ2) is 6.37. The van der Waals surface area contributed by atoms with Gasteiger partial charge in [0.2, 0.25) is 5.88 Å². The zero-order valence-electron chi connectivity index (χ0n) is 11.7. The molecule has 0 aliphatic heterocycles. The Kier molecular flexibility index (Phi) is 4.77. The molecule has 0 aliphatic carbocycles. The minimum atomic E-state index is -0.352. The summed E-state index contributed by atoms with van der Waals surface area (Å²) < 4.78 is 21.4. The van der Waals surface area contributed by atoms with Gasteiger partial charge in [0.15, 0.2) is 0 Å². The lowest BCUT2D eigenvalue weighted by Gasteiger charge is -2.09. The van der Waals surface area contributed by atoms with Gasteiger partial charge in [-0.25, -0.2) is 9.07 Å². The van der Waals surface area contributed by atoms with Gasteiger partial charge in [-0.2, -0.15) is 5.10 Å². The second-order valence-electron chi connectivity index (χ2n) is 4.45. The molecule has 0 spiro atoms. The Labute approximate surface area is 126 Å². The number of hydrogen-bond donors (Lipinski definition) is 1. The summed E-state index contributed by atoms with van der Waals surface area (Å²) in [6.07, 6.45) is 0. The maximum atomic E-state index is 13.5. The van der Waals surface area contributed by atoms with Gasteiger partial charge in [-0.15, -0.1) is 0 Å². The van der Waals surface area contributed by atoms with Crippen molar-refractivity contribution < 1.29 is 9.13 Å². The maximum absolute atomic E-state index is 13.5. The van der Waals surface area contributed by atoms with Gasteiger partial charge in [0.25, 0.3) is 0 Å². The lowest BCUT2D eigenvalue weighted by molar-refractivity contribution is 0.420. The third-order valence-electron chi connectivity index (χ3n) is 2.95. The molecular formula is C14H17BrFN3O. The minimum Gasteiger partial charge on any atom is -0.439 e. The Hall–Kier alpha value is -1.40. The quantitative estimate of drug-likeness (QED) is 0.904. The Balaban J connectivity index is 2.29. The van der Waals surface area contributed by atoms with Crippen molar-refractivity contribution in [3.8, 4) is 11.6 Å². The fourth-order valence-corrected chi connectivity index (χ4v) is 2.16. The van der Waals surface area contributed by atoms with Crippen LogP contribution in [0.25, 0.3) is 0 Å². The van der Waals surface area contributed by atoms with E-state index in [2.05, 4.69) is 26.3 Å². The van der Waals surface area contributed by atoms with Crippen molar-refractivity contribution in [3.63, 3.8) is 0 Å². The van der Waals surface area contributed by atoms with Crippen molar-refractivity contribution in [2.75, 3.05) is 6.54 Å². The molecule has 0 aliphatic rings. The highest BCUT2D eigenvalue weighted by atomic mass is 79.9. The average Bonchev–Trinajstić information content (AvgIpc) is 2.66. The summed E-state index contributed by atoms with van der Waals surface area (Å²) in [6.45, 7) is 5.50. The monoisotopic (exact) mass is 341 g/mol. The van der Waals surface area contributed by atoms with Crippen LogP contribution in [0.3, 0.4) is 0 Å². The Morgan fingerprint density at radius 2 is 2.20 bits per heavy atom. The summed E-state index contributed by atoms with van der Waals surface area (Å²) in [7, 11) is 1.81.